The molecule has 1 aromatic heterocycles. The molecule has 0 fully saturated rings. The quantitative estimate of drug-likeness (QED) is 0.765. The van der Waals surface area contributed by atoms with Gasteiger partial charge in [0.2, 0.25) is 10.0 Å². The highest BCUT2D eigenvalue weighted by Gasteiger charge is 2.25. The van der Waals surface area contributed by atoms with Crippen LogP contribution in [0.5, 0.6) is 0 Å². The SMILES string of the molecule is CC(CO)S(=O)(=O)N(C)Cc1nccn1C. The van der Waals surface area contributed by atoms with Crippen molar-refractivity contribution in [2.75, 3.05) is 13.7 Å². The maximum Gasteiger partial charge on any atom is 0.219 e. The van der Waals surface area contributed by atoms with Gasteiger partial charge < -0.3 is 9.67 Å². The average Bonchev–Trinajstić information content (AvgIpc) is 2.63. The molecule has 1 unspecified atom stereocenters. The van der Waals surface area contributed by atoms with Crippen LogP contribution in [0.2, 0.25) is 0 Å². The number of hydrogen-bond donors (Lipinski definition) is 1. The van der Waals surface area contributed by atoms with Crippen molar-refractivity contribution in [2.45, 2.75) is 18.7 Å². The molecule has 1 rings (SSSR count). The van der Waals surface area contributed by atoms with Crippen LogP contribution in [0, 0.1) is 0 Å². The fourth-order valence-corrected chi connectivity index (χ4v) is 2.34. The van der Waals surface area contributed by atoms with E-state index in [9.17, 15) is 8.42 Å². The smallest absolute Gasteiger partial charge is 0.219 e. The van der Waals surface area contributed by atoms with E-state index in [0.29, 0.717) is 5.82 Å². The number of hydrogen-bond acceptors (Lipinski definition) is 4. The fraction of sp³-hybridized carbons (Fsp3) is 0.667. The van der Waals surface area contributed by atoms with Crippen LogP contribution >= 0.6 is 0 Å². The van der Waals surface area contributed by atoms with E-state index >= 15 is 0 Å². The summed E-state index contributed by atoms with van der Waals surface area (Å²) in [6.07, 6.45) is 3.37. The largest absolute Gasteiger partial charge is 0.395 e. The highest BCUT2D eigenvalue weighted by molar-refractivity contribution is 7.89. The minimum atomic E-state index is -3.45. The number of nitrogens with zero attached hydrogens (tertiary/aromatic N) is 3. The van der Waals surface area contributed by atoms with Gasteiger partial charge in [-0.15, -0.1) is 0 Å². The number of aliphatic hydroxyl groups is 1. The lowest BCUT2D eigenvalue weighted by molar-refractivity contribution is 0.290. The third kappa shape index (κ3) is 2.60. The minimum absolute atomic E-state index is 0.205. The van der Waals surface area contributed by atoms with Gasteiger partial charge >= 0.3 is 0 Å². The van der Waals surface area contributed by atoms with E-state index in [4.69, 9.17) is 5.11 Å². The number of sulfonamides is 1. The molecule has 1 heterocycles. The molecule has 16 heavy (non-hydrogen) atoms. The van der Waals surface area contributed by atoms with Crippen LogP contribution in [-0.2, 0) is 23.6 Å². The normalized spacial score (nSPS) is 14.3. The second-order valence-electron chi connectivity index (χ2n) is 3.75. The van der Waals surface area contributed by atoms with Gasteiger partial charge in [-0.05, 0) is 6.92 Å². The molecule has 0 radical (unpaired) electrons. The first-order valence-corrected chi connectivity index (χ1v) is 6.42. The van der Waals surface area contributed by atoms with E-state index in [1.54, 1.807) is 24.0 Å². The van der Waals surface area contributed by atoms with E-state index in [2.05, 4.69) is 4.98 Å². The monoisotopic (exact) mass is 247 g/mol. The van der Waals surface area contributed by atoms with Crippen molar-refractivity contribution in [2.24, 2.45) is 7.05 Å². The van der Waals surface area contributed by atoms with Crippen LogP contribution in [0.15, 0.2) is 12.4 Å². The molecule has 0 saturated carbocycles. The number of rotatable bonds is 5. The van der Waals surface area contributed by atoms with E-state index in [1.165, 1.54) is 18.3 Å². The molecule has 0 saturated heterocycles. The summed E-state index contributed by atoms with van der Waals surface area (Å²) in [6.45, 7) is 1.30. The van der Waals surface area contributed by atoms with Crippen molar-refractivity contribution < 1.29 is 13.5 Å². The Morgan fingerprint density at radius 1 is 1.62 bits per heavy atom. The van der Waals surface area contributed by atoms with Crippen molar-refractivity contribution >= 4 is 10.0 Å². The van der Waals surface area contributed by atoms with Crippen molar-refractivity contribution in [3.05, 3.63) is 18.2 Å². The molecule has 0 amide bonds. The van der Waals surface area contributed by atoms with Crippen molar-refractivity contribution in [1.29, 1.82) is 0 Å². The summed E-state index contributed by atoms with van der Waals surface area (Å²) >= 11 is 0. The zero-order valence-electron chi connectivity index (χ0n) is 9.66. The molecule has 0 bridgehead atoms. The summed E-state index contributed by atoms with van der Waals surface area (Å²) in [5.41, 5.74) is 0. The molecule has 7 heteroatoms. The zero-order valence-corrected chi connectivity index (χ0v) is 10.5. The molecule has 0 spiro atoms. The van der Waals surface area contributed by atoms with Crippen LogP contribution in [0.3, 0.4) is 0 Å². The lowest BCUT2D eigenvalue weighted by atomic mass is 10.5. The van der Waals surface area contributed by atoms with Gasteiger partial charge in [0.25, 0.3) is 0 Å². The van der Waals surface area contributed by atoms with E-state index in [-0.39, 0.29) is 13.2 Å². The van der Waals surface area contributed by atoms with Crippen LogP contribution in [0.25, 0.3) is 0 Å². The van der Waals surface area contributed by atoms with Gasteiger partial charge in [-0.1, -0.05) is 0 Å². The van der Waals surface area contributed by atoms with Crippen molar-refractivity contribution in [3.63, 3.8) is 0 Å². The third-order valence-corrected chi connectivity index (χ3v) is 4.65. The standard InChI is InChI=1S/C9H17N3O3S/c1-8(7-13)16(14,15)12(3)6-9-10-4-5-11(9)2/h4-5,8,13H,6-7H2,1-3H3. The van der Waals surface area contributed by atoms with Crippen molar-refractivity contribution in [1.82, 2.24) is 13.9 Å². The van der Waals surface area contributed by atoms with Crippen LogP contribution in [0.1, 0.15) is 12.7 Å². The molecule has 6 nitrogen and oxygen atoms in total. The van der Waals surface area contributed by atoms with Gasteiger partial charge in [-0.25, -0.2) is 13.4 Å². The number of aromatic nitrogens is 2. The average molecular weight is 247 g/mol. The van der Waals surface area contributed by atoms with E-state index in [0.717, 1.165) is 0 Å². The molecule has 1 N–H and O–H groups in total. The number of aryl methyl sites for hydroxylation is 1. The van der Waals surface area contributed by atoms with Crippen LogP contribution in [-0.4, -0.2) is 46.3 Å². The third-order valence-electron chi connectivity index (χ3n) is 2.49. The van der Waals surface area contributed by atoms with Gasteiger partial charge in [0.05, 0.1) is 18.4 Å². The molecule has 0 aliphatic carbocycles. The Morgan fingerprint density at radius 2 is 2.25 bits per heavy atom. The van der Waals surface area contributed by atoms with Gasteiger partial charge in [0.15, 0.2) is 0 Å². The second-order valence-corrected chi connectivity index (χ2v) is 6.21. The Balaban J connectivity index is 2.80. The number of aliphatic hydroxyl groups excluding tert-OH is 1. The Labute approximate surface area is 95.6 Å². The van der Waals surface area contributed by atoms with Gasteiger partial charge in [0.1, 0.15) is 5.82 Å². The molecule has 92 valence electrons. The Morgan fingerprint density at radius 3 is 2.69 bits per heavy atom. The molecule has 0 aliphatic rings. The summed E-state index contributed by atoms with van der Waals surface area (Å²) in [5, 5.41) is 8.08. The Hall–Kier alpha value is -0.920. The first-order valence-electron chi connectivity index (χ1n) is 4.91. The predicted molar refractivity (Wildman–Crippen MR) is 60.1 cm³/mol. The highest BCUT2D eigenvalue weighted by atomic mass is 32.2. The maximum absolute atomic E-state index is 11.8. The summed E-state index contributed by atoms with van der Waals surface area (Å²) in [7, 11) is -0.166. The molecule has 0 aromatic carbocycles. The Kier molecular flexibility index (Phi) is 4.06. The van der Waals surface area contributed by atoms with E-state index < -0.39 is 15.3 Å². The topological polar surface area (TPSA) is 75.4 Å². The summed E-state index contributed by atoms with van der Waals surface area (Å²) < 4.78 is 26.6. The zero-order chi connectivity index (χ0) is 12.3. The predicted octanol–water partition coefficient (Wildman–Crippen LogP) is -0.438. The van der Waals surface area contributed by atoms with Gasteiger partial charge in [0, 0.05) is 26.5 Å². The second kappa shape index (κ2) is 4.94. The molecule has 1 aromatic rings. The first kappa shape index (κ1) is 13.1. The maximum atomic E-state index is 11.8. The molecule has 0 aliphatic heterocycles. The lowest BCUT2D eigenvalue weighted by Crippen LogP contribution is -2.36. The van der Waals surface area contributed by atoms with Crippen LogP contribution < -0.4 is 0 Å². The summed E-state index contributed by atoms with van der Waals surface area (Å²) in [6, 6.07) is 0. The summed E-state index contributed by atoms with van der Waals surface area (Å²) in [5.74, 6) is 0.663. The molecular formula is C9H17N3O3S. The number of imidazole rings is 1. The first-order chi connectivity index (χ1) is 7.39. The lowest BCUT2D eigenvalue weighted by Gasteiger charge is -2.20. The minimum Gasteiger partial charge on any atom is -0.395 e. The highest BCUT2D eigenvalue weighted by Crippen LogP contribution is 2.09. The van der Waals surface area contributed by atoms with Gasteiger partial charge in [-0.2, -0.15) is 4.31 Å². The molecule has 1 atom stereocenters. The molecular weight excluding hydrogens is 230 g/mol. The summed E-state index contributed by atoms with van der Waals surface area (Å²) in [4.78, 5) is 4.05. The fourth-order valence-electron chi connectivity index (χ4n) is 1.24. The Bertz CT molecular complexity index is 441. The van der Waals surface area contributed by atoms with Crippen molar-refractivity contribution in [3.8, 4) is 0 Å². The van der Waals surface area contributed by atoms with E-state index in [1.807, 2.05) is 0 Å². The van der Waals surface area contributed by atoms with Gasteiger partial charge in [-0.3, -0.25) is 0 Å². The van der Waals surface area contributed by atoms with Crippen LogP contribution in [0.4, 0.5) is 0 Å².